The van der Waals surface area contributed by atoms with Crippen LogP contribution >= 0.6 is 27.3 Å². The molecule has 0 saturated heterocycles. The molecule has 0 radical (unpaired) electrons. The molecule has 92 valence electrons. The number of hydrogen-bond donors (Lipinski definition) is 0. The predicted octanol–water partition coefficient (Wildman–Crippen LogP) is 3.67. The van der Waals surface area contributed by atoms with Crippen LogP contribution in [-0.2, 0) is 5.33 Å². The summed E-state index contributed by atoms with van der Waals surface area (Å²) < 4.78 is 2.21. The van der Waals surface area contributed by atoms with Crippen molar-refractivity contribution in [1.29, 1.82) is 0 Å². The van der Waals surface area contributed by atoms with Gasteiger partial charge in [0.1, 0.15) is 0 Å². The van der Waals surface area contributed by atoms with Gasteiger partial charge in [-0.25, -0.2) is 4.98 Å². The summed E-state index contributed by atoms with van der Waals surface area (Å²) in [6, 6.07) is 0.734. The largest absolute Gasteiger partial charge is 0.352 e. The van der Waals surface area contributed by atoms with Crippen LogP contribution < -0.4 is 4.90 Å². The highest BCUT2D eigenvalue weighted by atomic mass is 79.9. The lowest BCUT2D eigenvalue weighted by Crippen LogP contribution is -2.27. The van der Waals surface area contributed by atoms with E-state index in [0.717, 1.165) is 22.9 Å². The maximum Gasteiger partial charge on any atom is 0.195 e. The van der Waals surface area contributed by atoms with Gasteiger partial charge in [-0.2, -0.15) is 0 Å². The highest BCUT2D eigenvalue weighted by molar-refractivity contribution is 9.08. The van der Waals surface area contributed by atoms with Crippen LogP contribution in [0.5, 0.6) is 0 Å². The van der Waals surface area contributed by atoms with Crippen LogP contribution in [0.3, 0.4) is 0 Å². The third-order valence-electron chi connectivity index (χ3n) is 3.19. The third-order valence-corrected chi connectivity index (χ3v) is 4.48. The molecule has 0 atom stereocenters. The van der Waals surface area contributed by atoms with Crippen molar-refractivity contribution in [3.63, 3.8) is 0 Å². The molecule has 1 aliphatic carbocycles. The molecule has 2 aromatic heterocycles. The minimum Gasteiger partial charge on any atom is -0.352 e. The van der Waals surface area contributed by atoms with E-state index >= 15 is 0 Å². The summed E-state index contributed by atoms with van der Waals surface area (Å²) in [7, 11) is 0. The summed E-state index contributed by atoms with van der Waals surface area (Å²) in [4.78, 5) is 8.41. The molecule has 0 N–H and O–H groups in total. The molecule has 5 heteroatoms. The fourth-order valence-electron chi connectivity index (χ4n) is 2.26. The molecule has 0 amide bonds. The molecular weight excluding hydrogens is 298 g/mol. The lowest BCUT2D eigenvalue weighted by atomic mass is 10.3. The average Bonchev–Trinajstić information content (AvgIpc) is 2.96. The topological polar surface area (TPSA) is 20.5 Å². The molecular formula is C12H16BrN3S. The van der Waals surface area contributed by atoms with Crippen molar-refractivity contribution in [1.82, 2.24) is 9.38 Å². The number of fused-ring (bicyclic) bond motifs is 1. The van der Waals surface area contributed by atoms with Gasteiger partial charge in [-0.15, -0.1) is 11.3 Å². The number of nitrogens with zero attached hydrogens (tertiary/aromatic N) is 3. The van der Waals surface area contributed by atoms with Gasteiger partial charge in [0, 0.05) is 29.5 Å². The second-order valence-corrected chi connectivity index (χ2v) is 5.93. The second-order valence-electron chi connectivity index (χ2n) is 4.50. The number of anilines is 1. The van der Waals surface area contributed by atoms with Crippen LogP contribution in [0.25, 0.3) is 4.96 Å². The first kappa shape index (κ1) is 11.5. The molecule has 2 aromatic rings. The van der Waals surface area contributed by atoms with Crippen LogP contribution in [-0.4, -0.2) is 22.0 Å². The molecule has 0 aliphatic heterocycles. The smallest absolute Gasteiger partial charge is 0.195 e. The maximum absolute atomic E-state index is 4.80. The third kappa shape index (κ3) is 1.99. The number of imidazole rings is 1. The zero-order valence-electron chi connectivity index (χ0n) is 9.90. The van der Waals surface area contributed by atoms with E-state index in [1.54, 1.807) is 11.3 Å². The normalized spacial score (nSPS) is 15.6. The van der Waals surface area contributed by atoms with Crippen molar-refractivity contribution in [3.8, 4) is 0 Å². The van der Waals surface area contributed by atoms with Crippen molar-refractivity contribution < 1.29 is 0 Å². The van der Waals surface area contributed by atoms with E-state index in [1.165, 1.54) is 30.8 Å². The highest BCUT2D eigenvalue weighted by Gasteiger charge is 2.31. The average molecular weight is 314 g/mol. The molecule has 2 heterocycles. The van der Waals surface area contributed by atoms with Crippen molar-refractivity contribution in [2.24, 2.45) is 0 Å². The predicted molar refractivity (Wildman–Crippen MR) is 76.4 cm³/mol. The van der Waals surface area contributed by atoms with Crippen molar-refractivity contribution in [3.05, 3.63) is 17.3 Å². The number of rotatable bonds is 5. The van der Waals surface area contributed by atoms with E-state index in [0.29, 0.717) is 0 Å². The van der Waals surface area contributed by atoms with Crippen molar-refractivity contribution >= 4 is 38.0 Å². The Morgan fingerprint density at radius 1 is 1.59 bits per heavy atom. The highest BCUT2D eigenvalue weighted by Crippen LogP contribution is 2.35. The fraction of sp³-hybridized carbons (Fsp3) is 0.583. The molecule has 0 unspecified atom stereocenters. The summed E-state index contributed by atoms with van der Waals surface area (Å²) in [6.45, 7) is 3.36. The molecule has 1 aliphatic rings. The van der Waals surface area contributed by atoms with Crippen LogP contribution in [0.4, 0.5) is 5.82 Å². The fourth-order valence-corrected chi connectivity index (χ4v) is 3.51. The zero-order valence-corrected chi connectivity index (χ0v) is 12.3. The minimum atomic E-state index is 0.734. The summed E-state index contributed by atoms with van der Waals surface area (Å²) in [5.41, 5.74) is 1.29. The molecule has 3 nitrogen and oxygen atoms in total. The monoisotopic (exact) mass is 313 g/mol. The Morgan fingerprint density at radius 3 is 3.06 bits per heavy atom. The van der Waals surface area contributed by atoms with Crippen LogP contribution in [0.15, 0.2) is 11.6 Å². The maximum atomic E-state index is 4.80. The Kier molecular flexibility index (Phi) is 3.13. The molecule has 1 saturated carbocycles. The Morgan fingerprint density at radius 2 is 2.41 bits per heavy atom. The summed E-state index contributed by atoms with van der Waals surface area (Å²) in [6.07, 6.45) is 5.95. The summed E-state index contributed by atoms with van der Waals surface area (Å²) in [5, 5.41) is 2.97. The van der Waals surface area contributed by atoms with E-state index in [9.17, 15) is 0 Å². The van der Waals surface area contributed by atoms with Gasteiger partial charge in [-0.1, -0.05) is 22.9 Å². The van der Waals surface area contributed by atoms with Crippen LogP contribution in [0.2, 0.25) is 0 Å². The number of thiazole rings is 1. The van der Waals surface area contributed by atoms with Gasteiger partial charge >= 0.3 is 0 Å². The van der Waals surface area contributed by atoms with Gasteiger partial charge in [0.15, 0.2) is 10.8 Å². The number of halogens is 1. The van der Waals surface area contributed by atoms with E-state index in [4.69, 9.17) is 4.98 Å². The molecule has 0 spiro atoms. The molecule has 3 rings (SSSR count). The SMILES string of the molecule is CCCN(c1nc2sccn2c1CBr)C1CC1. The molecule has 0 bridgehead atoms. The number of aromatic nitrogens is 2. The minimum absolute atomic E-state index is 0.734. The zero-order chi connectivity index (χ0) is 11.8. The van der Waals surface area contributed by atoms with Gasteiger partial charge < -0.3 is 4.90 Å². The van der Waals surface area contributed by atoms with Crippen molar-refractivity contribution in [2.75, 3.05) is 11.4 Å². The summed E-state index contributed by atoms with van der Waals surface area (Å²) in [5.74, 6) is 1.19. The van der Waals surface area contributed by atoms with E-state index in [2.05, 4.69) is 43.7 Å². The first-order valence-corrected chi connectivity index (χ1v) is 8.12. The quantitative estimate of drug-likeness (QED) is 0.785. The van der Waals surface area contributed by atoms with Crippen LogP contribution in [0.1, 0.15) is 31.9 Å². The first-order valence-electron chi connectivity index (χ1n) is 6.12. The van der Waals surface area contributed by atoms with Gasteiger partial charge in [0.25, 0.3) is 0 Å². The summed E-state index contributed by atoms with van der Waals surface area (Å²) >= 11 is 5.31. The lowest BCUT2D eigenvalue weighted by Gasteiger charge is -2.22. The van der Waals surface area contributed by atoms with Crippen molar-refractivity contribution in [2.45, 2.75) is 37.6 Å². The Labute approximate surface area is 114 Å². The van der Waals surface area contributed by atoms with Gasteiger partial charge in [-0.3, -0.25) is 4.40 Å². The van der Waals surface area contributed by atoms with Crippen LogP contribution in [0, 0.1) is 0 Å². The van der Waals surface area contributed by atoms with E-state index in [-0.39, 0.29) is 0 Å². The van der Waals surface area contributed by atoms with Gasteiger partial charge in [0.05, 0.1) is 5.69 Å². The van der Waals surface area contributed by atoms with E-state index in [1.807, 2.05) is 0 Å². The van der Waals surface area contributed by atoms with Gasteiger partial charge in [-0.05, 0) is 19.3 Å². The molecule has 0 aromatic carbocycles. The Balaban J connectivity index is 2.04. The van der Waals surface area contributed by atoms with Gasteiger partial charge in [0.2, 0.25) is 0 Å². The second kappa shape index (κ2) is 4.61. The molecule has 17 heavy (non-hydrogen) atoms. The first-order chi connectivity index (χ1) is 8.35. The standard InChI is InChI=1S/C12H16BrN3S/c1-2-5-15(9-3-4-9)11-10(8-13)16-6-7-17-12(16)14-11/h6-7,9H,2-5,8H2,1H3. The number of alkyl halides is 1. The number of hydrogen-bond acceptors (Lipinski definition) is 3. The Hall–Kier alpha value is -0.550. The lowest BCUT2D eigenvalue weighted by molar-refractivity contribution is 0.750. The Bertz CT molecular complexity index is 515. The van der Waals surface area contributed by atoms with E-state index < -0.39 is 0 Å². The molecule has 1 fully saturated rings.